The van der Waals surface area contributed by atoms with Gasteiger partial charge in [0.25, 0.3) is 0 Å². The molecule has 0 spiro atoms. The van der Waals surface area contributed by atoms with Crippen LogP contribution in [-0.2, 0) is 6.42 Å². The average Bonchev–Trinajstić information content (AvgIpc) is 2.47. The molecule has 0 amide bonds. The number of halogens is 4. The third kappa shape index (κ3) is 3.90. The Bertz CT molecular complexity index is 632. The predicted octanol–water partition coefficient (Wildman–Crippen LogP) is 5.38. The molecule has 0 aliphatic rings. The van der Waals surface area contributed by atoms with Crippen LogP contribution >= 0.6 is 31.9 Å². The summed E-state index contributed by atoms with van der Waals surface area (Å²) in [5, 5.41) is 3.32. The first-order chi connectivity index (χ1) is 10.0. The highest BCUT2D eigenvalue weighted by molar-refractivity contribution is 9.10. The molecule has 0 saturated carbocycles. The molecule has 0 saturated heterocycles. The molecule has 5 heteroatoms. The van der Waals surface area contributed by atoms with Crippen molar-refractivity contribution in [3.8, 4) is 0 Å². The first-order valence-corrected chi connectivity index (χ1v) is 8.23. The van der Waals surface area contributed by atoms with Crippen LogP contribution in [0.25, 0.3) is 0 Å². The lowest BCUT2D eigenvalue weighted by molar-refractivity contribution is 0.491. The Balaban J connectivity index is 2.36. The van der Waals surface area contributed by atoms with E-state index in [2.05, 4.69) is 37.2 Å². The maximum atomic E-state index is 13.8. The van der Waals surface area contributed by atoms with Gasteiger partial charge in [-0.2, -0.15) is 0 Å². The van der Waals surface area contributed by atoms with E-state index in [-0.39, 0.29) is 10.5 Å². The number of hydrogen-bond donors (Lipinski definition) is 1. The van der Waals surface area contributed by atoms with Crippen LogP contribution in [0.1, 0.15) is 24.1 Å². The summed E-state index contributed by atoms with van der Waals surface area (Å²) in [7, 11) is 0. The number of nitrogens with one attached hydrogen (secondary N) is 1. The Kier molecular flexibility index (Phi) is 5.90. The Hall–Kier alpha value is -0.780. The van der Waals surface area contributed by atoms with E-state index >= 15 is 0 Å². The molecule has 112 valence electrons. The summed E-state index contributed by atoms with van der Waals surface area (Å²) >= 11 is 6.69. The monoisotopic (exact) mass is 417 g/mol. The van der Waals surface area contributed by atoms with Crippen molar-refractivity contribution in [1.82, 2.24) is 5.32 Å². The topological polar surface area (TPSA) is 12.0 Å². The minimum atomic E-state index is -0.846. The molecule has 2 rings (SSSR count). The van der Waals surface area contributed by atoms with Crippen molar-refractivity contribution < 1.29 is 8.78 Å². The van der Waals surface area contributed by atoms with E-state index in [9.17, 15) is 8.78 Å². The summed E-state index contributed by atoms with van der Waals surface area (Å²) in [5.74, 6) is -1.69. The fourth-order valence-electron chi connectivity index (χ4n) is 2.23. The summed E-state index contributed by atoms with van der Waals surface area (Å²) in [5.41, 5.74) is 1.83. The van der Waals surface area contributed by atoms with Crippen LogP contribution < -0.4 is 5.32 Å². The summed E-state index contributed by atoms with van der Waals surface area (Å²) in [6, 6.07) is 10.6. The van der Waals surface area contributed by atoms with E-state index in [1.807, 2.05) is 31.2 Å². The van der Waals surface area contributed by atoms with Gasteiger partial charge in [0, 0.05) is 10.5 Å². The molecule has 21 heavy (non-hydrogen) atoms. The molecule has 1 N–H and O–H groups in total. The molecule has 0 heterocycles. The third-order valence-corrected chi connectivity index (χ3v) is 4.85. The lowest BCUT2D eigenvalue weighted by atomic mass is 9.98. The minimum Gasteiger partial charge on any atom is -0.310 e. The van der Waals surface area contributed by atoms with Gasteiger partial charge in [-0.25, -0.2) is 8.78 Å². The van der Waals surface area contributed by atoms with Gasteiger partial charge in [0.2, 0.25) is 0 Å². The van der Waals surface area contributed by atoms with Crippen LogP contribution in [-0.4, -0.2) is 6.54 Å². The molecular formula is C16H15Br2F2N. The largest absolute Gasteiger partial charge is 0.310 e. The minimum absolute atomic E-state index is 0.0989. The van der Waals surface area contributed by atoms with Crippen LogP contribution in [0, 0.1) is 11.6 Å². The van der Waals surface area contributed by atoms with Gasteiger partial charge in [0.1, 0.15) is 0 Å². The standard InChI is InChI=1S/C16H15Br2F2N/c1-2-21-14(9-10-5-3-4-6-12(10)17)11-7-8-13(19)16(20)15(11)18/h3-8,14,21H,2,9H2,1H3. The maximum absolute atomic E-state index is 13.8. The maximum Gasteiger partial charge on any atom is 0.173 e. The van der Waals surface area contributed by atoms with Gasteiger partial charge >= 0.3 is 0 Å². The van der Waals surface area contributed by atoms with Crippen molar-refractivity contribution >= 4 is 31.9 Å². The second-order valence-corrected chi connectivity index (χ2v) is 6.32. The Morgan fingerprint density at radius 2 is 1.81 bits per heavy atom. The number of hydrogen-bond acceptors (Lipinski definition) is 1. The third-order valence-electron chi connectivity index (χ3n) is 3.27. The Labute approximate surface area is 140 Å². The average molecular weight is 419 g/mol. The van der Waals surface area contributed by atoms with Crippen molar-refractivity contribution in [2.75, 3.05) is 6.54 Å². The fraction of sp³-hybridized carbons (Fsp3) is 0.250. The SMILES string of the molecule is CCNC(Cc1ccccc1Br)c1ccc(F)c(F)c1Br. The van der Waals surface area contributed by atoms with Crippen LogP contribution in [0.3, 0.4) is 0 Å². The zero-order valence-electron chi connectivity index (χ0n) is 11.5. The molecular weight excluding hydrogens is 404 g/mol. The molecule has 1 unspecified atom stereocenters. The van der Waals surface area contributed by atoms with Gasteiger partial charge in [-0.05, 0) is 52.2 Å². The highest BCUT2D eigenvalue weighted by atomic mass is 79.9. The highest BCUT2D eigenvalue weighted by Gasteiger charge is 2.19. The van der Waals surface area contributed by atoms with Gasteiger partial charge in [0.05, 0.1) is 4.47 Å². The quantitative estimate of drug-likeness (QED) is 0.642. The number of benzene rings is 2. The van der Waals surface area contributed by atoms with E-state index in [1.54, 1.807) is 6.07 Å². The molecule has 2 aromatic carbocycles. The van der Waals surface area contributed by atoms with Gasteiger partial charge in [-0.15, -0.1) is 0 Å². The number of rotatable bonds is 5. The van der Waals surface area contributed by atoms with Crippen LogP contribution in [0.4, 0.5) is 8.78 Å². The molecule has 0 aliphatic heterocycles. The van der Waals surface area contributed by atoms with Crippen molar-refractivity contribution in [3.05, 3.63) is 68.1 Å². The molecule has 0 aromatic heterocycles. The molecule has 0 radical (unpaired) electrons. The highest BCUT2D eigenvalue weighted by Crippen LogP contribution is 2.31. The summed E-state index contributed by atoms with van der Waals surface area (Å²) in [6.07, 6.45) is 0.679. The van der Waals surface area contributed by atoms with Gasteiger partial charge in [-0.1, -0.05) is 47.1 Å². The van der Waals surface area contributed by atoms with Crippen LogP contribution in [0.2, 0.25) is 0 Å². The van der Waals surface area contributed by atoms with E-state index in [0.29, 0.717) is 12.0 Å². The normalized spacial score (nSPS) is 12.4. The van der Waals surface area contributed by atoms with Crippen molar-refractivity contribution in [1.29, 1.82) is 0 Å². The summed E-state index contributed by atoms with van der Waals surface area (Å²) in [4.78, 5) is 0. The van der Waals surface area contributed by atoms with Crippen LogP contribution in [0.5, 0.6) is 0 Å². The zero-order chi connectivity index (χ0) is 15.4. The van der Waals surface area contributed by atoms with E-state index < -0.39 is 11.6 Å². The molecule has 2 aromatic rings. The van der Waals surface area contributed by atoms with E-state index in [4.69, 9.17) is 0 Å². The van der Waals surface area contributed by atoms with Crippen molar-refractivity contribution in [2.24, 2.45) is 0 Å². The molecule has 1 nitrogen and oxygen atoms in total. The lowest BCUT2D eigenvalue weighted by Gasteiger charge is -2.21. The van der Waals surface area contributed by atoms with Crippen molar-refractivity contribution in [3.63, 3.8) is 0 Å². The van der Waals surface area contributed by atoms with E-state index in [1.165, 1.54) is 6.07 Å². The smallest absolute Gasteiger partial charge is 0.173 e. The summed E-state index contributed by atoms with van der Waals surface area (Å²) < 4.78 is 28.2. The van der Waals surface area contributed by atoms with Gasteiger partial charge in [-0.3, -0.25) is 0 Å². The Morgan fingerprint density at radius 3 is 2.48 bits per heavy atom. The van der Waals surface area contributed by atoms with Gasteiger partial charge in [0.15, 0.2) is 11.6 Å². The molecule has 0 aliphatic carbocycles. The molecule has 1 atom stereocenters. The lowest BCUT2D eigenvalue weighted by Crippen LogP contribution is -2.24. The summed E-state index contributed by atoms with van der Waals surface area (Å²) in [6.45, 7) is 2.72. The second-order valence-electron chi connectivity index (χ2n) is 4.67. The predicted molar refractivity (Wildman–Crippen MR) is 88.3 cm³/mol. The molecule has 0 fully saturated rings. The van der Waals surface area contributed by atoms with E-state index in [0.717, 1.165) is 16.6 Å². The fourth-order valence-corrected chi connectivity index (χ4v) is 3.28. The first-order valence-electron chi connectivity index (χ1n) is 6.64. The number of likely N-dealkylation sites (N-methyl/N-ethyl adjacent to an activating group) is 1. The van der Waals surface area contributed by atoms with Gasteiger partial charge < -0.3 is 5.32 Å². The zero-order valence-corrected chi connectivity index (χ0v) is 14.6. The first kappa shape index (κ1) is 16.6. The molecule has 0 bridgehead atoms. The van der Waals surface area contributed by atoms with Crippen LogP contribution in [0.15, 0.2) is 45.3 Å². The Morgan fingerprint density at radius 1 is 1.10 bits per heavy atom. The second kappa shape index (κ2) is 7.47. The van der Waals surface area contributed by atoms with Crippen molar-refractivity contribution in [2.45, 2.75) is 19.4 Å².